The van der Waals surface area contributed by atoms with Crippen molar-refractivity contribution < 1.29 is 0 Å². The van der Waals surface area contributed by atoms with Crippen LogP contribution >= 0.6 is 27.3 Å². The Labute approximate surface area is 94.0 Å². The molecule has 0 aliphatic heterocycles. The highest BCUT2D eigenvalue weighted by atomic mass is 79.9. The predicted molar refractivity (Wildman–Crippen MR) is 61.8 cm³/mol. The summed E-state index contributed by atoms with van der Waals surface area (Å²) in [5, 5.41) is 1.81. The molecule has 1 aromatic heterocycles. The van der Waals surface area contributed by atoms with E-state index in [4.69, 9.17) is 0 Å². The molecule has 2 aromatic rings. The molecule has 0 bridgehead atoms. The van der Waals surface area contributed by atoms with Crippen molar-refractivity contribution in [3.63, 3.8) is 0 Å². The standard InChI is InChI=1S/C10H8BrNOS/c11-9-3-1-8(2-4-9)7-12-5-6-14-10(12)13/h1-6H,7H2. The van der Waals surface area contributed by atoms with Crippen molar-refractivity contribution in [3.05, 3.63) is 55.5 Å². The summed E-state index contributed by atoms with van der Waals surface area (Å²) in [7, 11) is 0. The van der Waals surface area contributed by atoms with Gasteiger partial charge >= 0.3 is 4.87 Å². The van der Waals surface area contributed by atoms with E-state index in [-0.39, 0.29) is 4.87 Å². The molecule has 0 N–H and O–H groups in total. The maximum absolute atomic E-state index is 11.3. The minimum absolute atomic E-state index is 0.0907. The van der Waals surface area contributed by atoms with Crippen LogP contribution in [0.3, 0.4) is 0 Å². The largest absolute Gasteiger partial charge is 0.307 e. The molecule has 0 saturated carbocycles. The number of rotatable bonds is 2. The molecule has 0 amide bonds. The Morgan fingerprint density at radius 1 is 1.29 bits per heavy atom. The van der Waals surface area contributed by atoms with Crippen LogP contribution in [0, 0.1) is 0 Å². The number of nitrogens with zero attached hydrogens (tertiary/aromatic N) is 1. The van der Waals surface area contributed by atoms with Crippen LogP contribution < -0.4 is 4.87 Å². The Hall–Kier alpha value is -0.870. The van der Waals surface area contributed by atoms with Crippen molar-refractivity contribution >= 4 is 27.3 Å². The van der Waals surface area contributed by atoms with Crippen LogP contribution in [0.15, 0.2) is 45.1 Å². The van der Waals surface area contributed by atoms with Crippen molar-refractivity contribution in [3.8, 4) is 0 Å². The van der Waals surface area contributed by atoms with Gasteiger partial charge in [-0.15, -0.1) is 0 Å². The molecule has 1 heterocycles. The van der Waals surface area contributed by atoms with Crippen molar-refractivity contribution in [2.45, 2.75) is 6.54 Å². The first-order valence-electron chi connectivity index (χ1n) is 4.14. The maximum Gasteiger partial charge on any atom is 0.307 e. The summed E-state index contributed by atoms with van der Waals surface area (Å²) in [6.45, 7) is 0.648. The second-order valence-corrected chi connectivity index (χ2v) is 4.70. The molecule has 1 aromatic carbocycles. The maximum atomic E-state index is 11.3. The molecule has 14 heavy (non-hydrogen) atoms. The van der Waals surface area contributed by atoms with Gasteiger partial charge in [0.1, 0.15) is 0 Å². The fraction of sp³-hybridized carbons (Fsp3) is 0.100. The van der Waals surface area contributed by atoms with Gasteiger partial charge in [-0.25, -0.2) is 0 Å². The molecule has 2 nitrogen and oxygen atoms in total. The zero-order valence-corrected chi connectivity index (χ0v) is 9.72. The molecule has 0 radical (unpaired) electrons. The highest BCUT2D eigenvalue weighted by Crippen LogP contribution is 2.11. The first kappa shape index (κ1) is 9.68. The van der Waals surface area contributed by atoms with Crippen LogP contribution in [0.5, 0.6) is 0 Å². The van der Waals surface area contributed by atoms with E-state index in [1.54, 1.807) is 9.95 Å². The third-order valence-corrected chi connectivity index (χ3v) is 3.13. The summed E-state index contributed by atoms with van der Waals surface area (Å²) in [5.74, 6) is 0. The van der Waals surface area contributed by atoms with Gasteiger partial charge < -0.3 is 4.57 Å². The summed E-state index contributed by atoms with van der Waals surface area (Å²) < 4.78 is 2.76. The monoisotopic (exact) mass is 269 g/mol. The quantitative estimate of drug-likeness (QED) is 0.822. The molecule has 0 atom stereocenters. The van der Waals surface area contributed by atoms with E-state index in [2.05, 4.69) is 15.9 Å². The minimum atomic E-state index is 0.0907. The Kier molecular flexibility index (Phi) is 2.84. The molecule has 0 fully saturated rings. The lowest BCUT2D eigenvalue weighted by molar-refractivity contribution is 0.784. The molecule has 4 heteroatoms. The smallest absolute Gasteiger partial charge is 0.302 e. The van der Waals surface area contributed by atoms with Crippen molar-refractivity contribution in [1.82, 2.24) is 4.57 Å². The first-order chi connectivity index (χ1) is 6.75. The number of thiazole rings is 1. The molecule has 0 spiro atoms. The van der Waals surface area contributed by atoms with Crippen LogP contribution in [0.1, 0.15) is 5.56 Å². The van der Waals surface area contributed by atoms with Gasteiger partial charge in [0.25, 0.3) is 0 Å². The fourth-order valence-electron chi connectivity index (χ4n) is 1.19. The van der Waals surface area contributed by atoms with Crippen molar-refractivity contribution in [2.24, 2.45) is 0 Å². The zero-order valence-electron chi connectivity index (χ0n) is 7.31. The molecule has 0 saturated heterocycles. The van der Waals surface area contributed by atoms with E-state index >= 15 is 0 Å². The van der Waals surface area contributed by atoms with Gasteiger partial charge in [-0.1, -0.05) is 39.4 Å². The highest BCUT2D eigenvalue weighted by molar-refractivity contribution is 9.10. The number of benzene rings is 1. The van der Waals surface area contributed by atoms with Crippen molar-refractivity contribution in [2.75, 3.05) is 0 Å². The lowest BCUT2D eigenvalue weighted by atomic mass is 10.2. The van der Waals surface area contributed by atoms with Gasteiger partial charge in [0.2, 0.25) is 0 Å². The average molecular weight is 270 g/mol. The molecule has 2 rings (SSSR count). The molecule has 0 unspecified atom stereocenters. The molecular weight excluding hydrogens is 262 g/mol. The summed E-state index contributed by atoms with van der Waals surface area (Å²) >= 11 is 4.60. The Morgan fingerprint density at radius 2 is 2.00 bits per heavy atom. The van der Waals surface area contributed by atoms with Gasteiger partial charge in [-0.2, -0.15) is 0 Å². The summed E-state index contributed by atoms with van der Waals surface area (Å²) in [5.41, 5.74) is 1.13. The third kappa shape index (κ3) is 2.13. The van der Waals surface area contributed by atoms with E-state index in [1.165, 1.54) is 11.3 Å². The number of aromatic nitrogens is 1. The average Bonchev–Trinajstić information content (AvgIpc) is 2.56. The zero-order chi connectivity index (χ0) is 9.97. The lowest BCUT2D eigenvalue weighted by Gasteiger charge is -2.01. The van der Waals surface area contributed by atoms with Crippen LogP contribution in [0.25, 0.3) is 0 Å². The molecule has 0 aliphatic carbocycles. The van der Waals surface area contributed by atoms with E-state index in [9.17, 15) is 4.79 Å². The van der Waals surface area contributed by atoms with Crippen LogP contribution in [0.2, 0.25) is 0 Å². The predicted octanol–water partition coefficient (Wildman–Crippen LogP) is 2.72. The summed E-state index contributed by atoms with van der Waals surface area (Å²) in [4.78, 5) is 11.4. The van der Waals surface area contributed by atoms with Gasteiger partial charge in [0.15, 0.2) is 0 Å². The third-order valence-electron chi connectivity index (χ3n) is 1.91. The second-order valence-electron chi connectivity index (χ2n) is 2.92. The van der Waals surface area contributed by atoms with Crippen LogP contribution in [0.4, 0.5) is 0 Å². The molecular formula is C10H8BrNOS. The van der Waals surface area contributed by atoms with Gasteiger partial charge in [-0.3, -0.25) is 4.79 Å². The lowest BCUT2D eigenvalue weighted by Crippen LogP contribution is -2.12. The topological polar surface area (TPSA) is 22.0 Å². The van der Waals surface area contributed by atoms with E-state index in [0.717, 1.165) is 10.0 Å². The van der Waals surface area contributed by atoms with Gasteiger partial charge in [-0.05, 0) is 17.7 Å². The Morgan fingerprint density at radius 3 is 2.57 bits per heavy atom. The normalized spacial score (nSPS) is 10.4. The van der Waals surface area contributed by atoms with Crippen LogP contribution in [-0.4, -0.2) is 4.57 Å². The molecule has 72 valence electrons. The van der Waals surface area contributed by atoms with E-state index in [1.807, 2.05) is 30.5 Å². The fourth-order valence-corrected chi connectivity index (χ4v) is 2.04. The number of hydrogen-bond acceptors (Lipinski definition) is 2. The van der Waals surface area contributed by atoms with E-state index in [0.29, 0.717) is 6.54 Å². The number of hydrogen-bond donors (Lipinski definition) is 0. The summed E-state index contributed by atoms with van der Waals surface area (Å²) in [6, 6.07) is 7.97. The highest BCUT2D eigenvalue weighted by Gasteiger charge is 1.97. The first-order valence-corrected chi connectivity index (χ1v) is 5.81. The minimum Gasteiger partial charge on any atom is -0.302 e. The van der Waals surface area contributed by atoms with Gasteiger partial charge in [0.05, 0.1) is 6.54 Å². The van der Waals surface area contributed by atoms with E-state index < -0.39 is 0 Å². The summed E-state index contributed by atoms with van der Waals surface area (Å²) in [6.07, 6.45) is 1.81. The Bertz CT molecular complexity index is 471. The Balaban J connectivity index is 2.23. The SMILES string of the molecule is O=c1sccn1Cc1ccc(Br)cc1. The second kappa shape index (κ2) is 4.11. The molecule has 0 aliphatic rings. The van der Waals surface area contributed by atoms with Crippen molar-refractivity contribution in [1.29, 1.82) is 0 Å². The van der Waals surface area contributed by atoms with Gasteiger partial charge in [0, 0.05) is 16.0 Å². The van der Waals surface area contributed by atoms with Crippen LogP contribution in [-0.2, 0) is 6.54 Å². The number of halogens is 1.